The quantitative estimate of drug-likeness (QED) is 0.710. The summed E-state index contributed by atoms with van der Waals surface area (Å²) in [5.41, 5.74) is 8.48. The first kappa shape index (κ1) is 15.8. The number of rotatable bonds is 4. The number of thioether (sulfide) groups is 1. The molecule has 0 bridgehead atoms. The number of nitrogens with two attached hydrogens (primary N) is 1. The molecule has 1 aromatic heterocycles. The van der Waals surface area contributed by atoms with Gasteiger partial charge in [-0.2, -0.15) is 5.26 Å². The third-order valence-corrected chi connectivity index (χ3v) is 4.29. The van der Waals surface area contributed by atoms with Gasteiger partial charge in [-0.1, -0.05) is 18.2 Å². The third kappa shape index (κ3) is 2.90. The van der Waals surface area contributed by atoms with Crippen LogP contribution in [-0.4, -0.2) is 17.1 Å². The average Bonchev–Trinajstić information content (AvgIpc) is 2.61. The largest absolute Gasteiger partial charge is 0.366 e. The summed E-state index contributed by atoms with van der Waals surface area (Å²) < 4.78 is 0. The summed E-state index contributed by atoms with van der Waals surface area (Å²) >= 11 is 1.43. The van der Waals surface area contributed by atoms with Crippen molar-refractivity contribution in [2.45, 2.75) is 5.03 Å². The van der Waals surface area contributed by atoms with Crippen molar-refractivity contribution in [1.29, 1.82) is 5.26 Å². The van der Waals surface area contributed by atoms with Gasteiger partial charge in [0.15, 0.2) is 0 Å². The van der Waals surface area contributed by atoms with Gasteiger partial charge in [-0.3, -0.25) is 4.79 Å². The van der Waals surface area contributed by atoms with E-state index in [1.165, 1.54) is 11.8 Å². The maximum absolute atomic E-state index is 11.2. The molecule has 24 heavy (non-hydrogen) atoms. The van der Waals surface area contributed by atoms with E-state index in [-0.39, 0.29) is 0 Å². The lowest BCUT2D eigenvalue weighted by molar-refractivity contribution is 0.100. The van der Waals surface area contributed by atoms with Crippen LogP contribution < -0.4 is 11.1 Å². The number of amides is 1. The standard InChI is InChI=1S/C18H14N4OS/c1-24-18-14(10-19)16(13-4-2-3-5-15(13)22-18)21-12-8-6-11(7-9-12)17(20)23/h2-9H,1H3,(H2,20,23)(H,21,22). The van der Waals surface area contributed by atoms with Gasteiger partial charge in [-0.05, 0) is 36.6 Å². The molecule has 0 fully saturated rings. The molecular weight excluding hydrogens is 320 g/mol. The number of primary amides is 1. The fourth-order valence-electron chi connectivity index (χ4n) is 2.43. The van der Waals surface area contributed by atoms with E-state index in [1.54, 1.807) is 24.3 Å². The number of carbonyl (C=O) groups excluding carboxylic acids is 1. The maximum atomic E-state index is 11.2. The Kier molecular flexibility index (Phi) is 4.36. The second-order valence-electron chi connectivity index (χ2n) is 5.07. The molecule has 5 nitrogen and oxygen atoms in total. The van der Waals surface area contributed by atoms with Crippen molar-refractivity contribution in [3.05, 3.63) is 59.7 Å². The van der Waals surface area contributed by atoms with Crippen molar-refractivity contribution in [3.8, 4) is 6.07 Å². The van der Waals surface area contributed by atoms with Crippen LogP contribution in [0.25, 0.3) is 10.9 Å². The molecule has 0 atom stereocenters. The Balaban J connectivity index is 2.13. The minimum Gasteiger partial charge on any atom is -0.366 e. The number of fused-ring (bicyclic) bond motifs is 1. The lowest BCUT2D eigenvalue weighted by atomic mass is 10.1. The van der Waals surface area contributed by atoms with Gasteiger partial charge in [-0.15, -0.1) is 11.8 Å². The first-order valence-corrected chi connectivity index (χ1v) is 8.40. The number of anilines is 2. The molecule has 0 spiro atoms. The van der Waals surface area contributed by atoms with Crippen LogP contribution in [0.3, 0.4) is 0 Å². The second-order valence-corrected chi connectivity index (χ2v) is 5.86. The molecule has 3 N–H and O–H groups in total. The van der Waals surface area contributed by atoms with E-state index in [2.05, 4.69) is 16.4 Å². The summed E-state index contributed by atoms with van der Waals surface area (Å²) in [5, 5.41) is 14.4. The van der Waals surface area contributed by atoms with Gasteiger partial charge in [0.25, 0.3) is 0 Å². The topological polar surface area (TPSA) is 91.8 Å². The van der Waals surface area contributed by atoms with Crippen molar-refractivity contribution in [2.24, 2.45) is 5.73 Å². The van der Waals surface area contributed by atoms with Gasteiger partial charge in [0.05, 0.1) is 11.2 Å². The van der Waals surface area contributed by atoms with Gasteiger partial charge in [0, 0.05) is 16.6 Å². The predicted octanol–water partition coefficient (Wildman–Crippen LogP) is 3.67. The number of aromatic nitrogens is 1. The molecule has 0 aliphatic heterocycles. The Hall–Kier alpha value is -3.04. The molecule has 3 rings (SSSR count). The van der Waals surface area contributed by atoms with E-state index in [0.29, 0.717) is 21.8 Å². The van der Waals surface area contributed by atoms with Crippen molar-refractivity contribution >= 4 is 39.9 Å². The lowest BCUT2D eigenvalue weighted by Crippen LogP contribution is -2.10. The normalized spacial score (nSPS) is 10.3. The van der Waals surface area contributed by atoms with Crippen LogP contribution >= 0.6 is 11.8 Å². The highest BCUT2D eigenvalue weighted by Gasteiger charge is 2.14. The van der Waals surface area contributed by atoms with E-state index in [4.69, 9.17) is 5.73 Å². The van der Waals surface area contributed by atoms with Crippen LogP contribution in [-0.2, 0) is 0 Å². The van der Waals surface area contributed by atoms with E-state index in [1.807, 2.05) is 30.5 Å². The highest BCUT2D eigenvalue weighted by atomic mass is 32.2. The number of para-hydroxylation sites is 1. The zero-order valence-corrected chi connectivity index (χ0v) is 13.7. The molecule has 1 amide bonds. The fourth-order valence-corrected chi connectivity index (χ4v) is 2.97. The number of nitrogens with zero attached hydrogens (tertiary/aromatic N) is 2. The Morgan fingerprint density at radius 1 is 1.21 bits per heavy atom. The SMILES string of the molecule is CSc1nc2ccccc2c(Nc2ccc(C(N)=O)cc2)c1C#N. The second kappa shape index (κ2) is 6.60. The Morgan fingerprint density at radius 2 is 1.92 bits per heavy atom. The molecule has 0 saturated carbocycles. The van der Waals surface area contributed by atoms with Gasteiger partial charge in [0.2, 0.25) is 5.91 Å². The number of benzene rings is 2. The first-order chi connectivity index (χ1) is 11.6. The molecule has 0 radical (unpaired) electrons. The highest BCUT2D eigenvalue weighted by molar-refractivity contribution is 7.98. The van der Waals surface area contributed by atoms with Gasteiger partial charge < -0.3 is 11.1 Å². The first-order valence-electron chi connectivity index (χ1n) is 7.17. The minimum absolute atomic E-state index is 0.436. The lowest BCUT2D eigenvalue weighted by Gasteiger charge is -2.14. The van der Waals surface area contributed by atoms with Crippen molar-refractivity contribution in [1.82, 2.24) is 4.98 Å². The van der Waals surface area contributed by atoms with Gasteiger partial charge >= 0.3 is 0 Å². The number of nitriles is 1. The summed E-state index contributed by atoms with van der Waals surface area (Å²) in [7, 11) is 0. The zero-order chi connectivity index (χ0) is 17.1. The molecule has 118 valence electrons. The van der Waals surface area contributed by atoms with E-state index in [9.17, 15) is 10.1 Å². The summed E-state index contributed by atoms with van der Waals surface area (Å²) in [6.07, 6.45) is 1.89. The Labute approximate surface area is 143 Å². The molecule has 0 saturated heterocycles. The Bertz CT molecular complexity index is 961. The molecule has 1 heterocycles. The monoisotopic (exact) mass is 334 g/mol. The van der Waals surface area contributed by atoms with Crippen LogP contribution in [0.2, 0.25) is 0 Å². The summed E-state index contributed by atoms with van der Waals surface area (Å²) in [4.78, 5) is 15.7. The molecule has 3 aromatic rings. The number of pyridine rings is 1. The number of carbonyl (C=O) groups is 1. The van der Waals surface area contributed by atoms with Crippen LogP contribution in [0.5, 0.6) is 0 Å². The summed E-state index contributed by atoms with van der Waals surface area (Å²) in [5.74, 6) is -0.474. The maximum Gasteiger partial charge on any atom is 0.248 e. The highest BCUT2D eigenvalue weighted by Crippen LogP contribution is 2.34. The molecule has 0 unspecified atom stereocenters. The smallest absolute Gasteiger partial charge is 0.248 e. The average molecular weight is 334 g/mol. The van der Waals surface area contributed by atoms with Gasteiger partial charge in [0.1, 0.15) is 16.7 Å². The van der Waals surface area contributed by atoms with E-state index in [0.717, 1.165) is 16.6 Å². The third-order valence-electron chi connectivity index (χ3n) is 3.60. The van der Waals surface area contributed by atoms with E-state index < -0.39 is 5.91 Å². The molecular formula is C18H14N4OS. The van der Waals surface area contributed by atoms with Gasteiger partial charge in [-0.25, -0.2) is 4.98 Å². The number of hydrogen-bond donors (Lipinski definition) is 2. The van der Waals surface area contributed by atoms with Crippen LogP contribution in [0.15, 0.2) is 53.6 Å². The number of hydrogen-bond acceptors (Lipinski definition) is 5. The fraction of sp³-hybridized carbons (Fsp3) is 0.0556. The molecule has 6 heteroatoms. The molecule has 0 aliphatic carbocycles. The minimum atomic E-state index is -0.474. The van der Waals surface area contributed by atoms with Crippen molar-refractivity contribution in [2.75, 3.05) is 11.6 Å². The summed E-state index contributed by atoms with van der Waals surface area (Å²) in [6, 6.07) is 16.7. The van der Waals surface area contributed by atoms with Crippen LogP contribution in [0.1, 0.15) is 15.9 Å². The van der Waals surface area contributed by atoms with Crippen LogP contribution in [0, 0.1) is 11.3 Å². The molecule has 0 aliphatic rings. The zero-order valence-electron chi connectivity index (χ0n) is 12.9. The van der Waals surface area contributed by atoms with Crippen LogP contribution in [0.4, 0.5) is 11.4 Å². The summed E-state index contributed by atoms with van der Waals surface area (Å²) in [6.45, 7) is 0. The van der Waals surface area contributed by atoms with E-state index >= 15 is 0 Å². The van der Waals surface area contributed by atoms with Crippen molar-refractivity contribution < 1.29 is 4.79 Å². The molecule has 2 aromatic carbocycles. The number of nitrogens with one attached hydrogen (secondary N) is 1. The van der Waals surface area contributed by atoms with Crippen molar-refractivity contribution in [3.63, 3.8) is 0 Å². The Morgan fingerprint density at radius 3 is 2.54 bits per heavy atom. The predicted molar refractivity (Wildman–Crippen MR) is 96.5 cm³/mol.